The molecule has 6 heteroatoms. The second-order valence-corrected chi connectivity index (χ2v) is 5.82. The van der Waals surface area contributed by atoms with E-state index in [1.807, 2.05) is 0 Å². The van der Waals surface area contributed by atoms with Gasteiger partial charge in [0, 0.05) is 11.3 Å². The van der Waals surface area contributed by atoms with Gasteiger partial charge in [-0.3, -0.25) is 9.52 Å². The molecule has 0 bridgehead atoms. The van der Waals surface area contributed by atoms with Crippen LogP contribution in [0.5, 0.6) is 0 Å². The summed E-state index contributed by atoms with van der Waals surface area (Å²) in [5, 5.41) is 0. The number of halogens is 1. The number of hydrogen-bond acceptors (Lipinski definition) is 3. The molecule has 0 saturated heterocycles. The van der Waals surface area contributed by atoms with Crippen LogP contribution in [-0.2, 0) is 10.0 Å². The number of carbonyl (C=O) groups is 1. The Morgan fingerprint density at radius 3 is 2.35 bits per heavy atom. The smallest absolute Gasteiger partial charge is 0.264 e. The fraction of sp³-hybridized carbons (Fsp3) is 0.0714. The molecule has 1 N–H and O–H groups in total. The molecule has 0 spiro atoms. The molecule has 0 unspecified atom stereocenters. The highest BCUT2D eigenvalue weighted by molar-refractivity contribution is 7.92. The highest BCUT2D eigenvalue weighted by Crippen LogP contribution is 2.20. The molecule has 0 fully saturated rings. The lowest BCUT2D eigenvalue weighted by molar-refractivity contribution is 0.101. The third-order valence-electron chi connectivity index (χ3n) is 2.65. The largest absolute Gasteiger partial charge is 0.295 e. The minimum absolute atomic E-state index is 0.139. The molecular formula is C14H12FNO3S. The zero-order valence-corrected chi connectivity index (χ0v) is 11.4. The van der Waals surface area contributed by atoms with Crippen molar-refractivity contribution in [3.8, 4) is 0 Å². The van der Waals surface area contributed by atoms with Crippen molar-refractivity contribution < 1.29 is 17.6 Å². The molecule has 2 aromatic rings. The fourth-order valence-electron chi connectivity index (χ4n) is 1.64. The lowest BCUT2D eigenvalue weighted by Crippen LogP contribution is -2.15. The van der Waals surface area contributed by atoms with E-state index >= 15 is 0 Å². The van der Waals surface area contributed by atoms with Crippen molar-refractivity contribution in [2.24, 2.45) is 0 Å². The second kappa shape index (κ2) is 5.42. The van der Waals surface area contributed by atoms with Gasteiger partial charge in [0.2, 0.25) is 0 Å². The Kier molecular flexibility index (Phi) is 3.85. The highest BCUT2D eigenvalue weighted by Gasteiger charge is 2.20. The van der Waals surface area contributed by atoms with Gasteiger partial charge in [0.25, 0.3) is 10.0 Å². The molecule has 0 radical (unpaired) electrons. The van der Waals surface area contributed by atoms with Gasteiger partial charge in [-0.2, -0.15) is 0 Å². The van der Waals surface area contributed by atoms with Crippen molar-refractivity contribution in [2.75, 3.05) is 4.72 Å². The van der Waals surface area contributed by atoms with Crippen LogP contribution in [0.3, 0.4) is 0 Å². The Hall–Kier alpha value is -2.21. The average molecular weight is 293 g/mol. The van der Waals surface area contributed by atoms with Crippen LogP contribution in [0.1, 0.15) is 17.3 Å². The first kappa shape index (κ1) is 14.2. The summed E-state index contributed by atoms with van der Waals surface area (Å²) >= 11 is 0. The topological polar surface area (TPSA) is 63.2 Å². The molecule has 20 heavy (non-hydrogen) atoms. The Labute approximate surface area is 116 Å². The summed E-state index contributed by atoms with van der Waals surface area (Å²) in [4.78, 5) is 10.7. The number of sulfonamides is 1. The first-order valence-corrected chi connectivity index (χ1v) is 7.27. The van der Waals surface area contributed by atoms with Gasteiger partial charge in [0.05, 0.1) is 0 Å². The number of rotatable bonds is 4. The zero-order chi connectivity index (χ0) is 14.8. The molecule has 2 aromatic carbocycles. The monoisotopic (exact) mass is 293 g/mol. The van der Waals surface area contributed by atoms with Gasteiger partial charge >= 0.3 is 0 Å². The molecule has 0 aliphatic heterocycles. The van der Waals surface area contributed by atoms with Crippen molar-refractivity contribution >= 4 is 21.5 Å². The van der Waals surface area contributed by atoms with Crippen LogP contribution in [0.25, 0.3) is 0 Å². The molecule has 2 rings (SSSR count). The van der Waals surface area contributed by atoms with Crippen LogP contribution in [0.15, 0.2) is 53.4 Å². The number of Topliss-reactive ketones (excluding diaryl/α,β-unsaturated/α-hetero) is 1. The maximum Gasteiger partial charge on any atom is 0.264 e. The number of hydrogen-bond donors (Lipinski definition) is 1. The predicted molar refractivity (Wildman–Crippen MR) is 73.7 cm³/mol. The Bertz CT molecular complexity index is 742. The predicted octanol–water partition coefficient (Wildman–Crippen LogP) is 2.83. The van der Waals surface area contributed by atoms with Crippen molar-refractivity contribution in [2.45, 2.75) is 11.8 Å². The van der Waals surface area contributed by atoms with E-state index in [9.17, 15) is 17.6 Å². The number of para-hydroxylation sites is 1. The molecule has 0 saturated carbocycles. The molecule has 104 valence electrons. The quantitative estimate of drug-likeness (QED) is 0.882. The molecule has 0 aliphatic rings. The normalized spacial score (nSPS) is 11.1. The third-order valence-corrected chi connectivity index (χ3v) is 4.05. The van der Waals surface area contributed by atoms with Gasteiger partial charge in [-0.25, -0.2) is 12.8 Å². The van der Waals surface area contributed by atoms with Gasteiger partial charge in [0.1, 0.15) is 10.7 Å². The van der Waals surface area contributed by atoms with Crippen LogP contribution in [0.2, 0.25) is 0 Å². The van der Waals surface area contributed by atoms with Gasteiger partial charge in [0.15, 0.2) is 5.78 Å². The zero-order valence-electron chi connectivity index (χ0n) is 10.6. The summed E-state index contributed by atoms with van der Waals surface area (Å²) in [6.45, 7) is 1.29. The molecular weight excluding hydrogens is 281 g/mol. The first-order valence-electron chi connectivity index (χ1n) is 5.78. The summed E-state index contributed by atoms with van der Waals surface area (Å²) in [6.07, 6.45) is 0. The summed E-state index contributed by atoms with van der Waals surface area (Å²) in [7, 11) is -4.08. The van der Waals surface area contributed by atoms with Crippen LogP contribution < -0.4 is 4.72 Å². The van der Waals surface area contributed by atoms with Crippen LogP contribution >= 0.6 is 0 Å². The standard InChI is InChI=1S/C14H12FNO3S/c1-10(17)11-7-8-13(15)14(9-11)20(18,19)16-12-5-3-2-4-6-12/h2-9,16H,1H3. The molecule has 0 atom stereocenters. The van der Waals surface area contributed by atoms with E-state index in [1.54, 1.807) is 30.3 Å². The van der Waals surface area contributed by atoms with Crippen LogP contribution in [-0.4, -0.2) is 14.2 Å². The molecule has 0 aromatic heterocycles. The molecule has 0 heterocycles. The van der Waals surface area contributed by atoms with Crippen LogP contribution in [0.4, 0.5) is 10.1 Å². The SMILES string of the molecule is CC(=O)c1ccc(F)c(S(=O)(=O)Nc2ccccc2)c1. The highest BCUT2D eigenvalue weighted by atomic mass is 32.2. The van der Waals surface area contributed by atoms with E-state index in [1.165, 1.54) is 13.0 Å². The third kappa shape index (κ3) is 3.03. The Balaban J connectivity index is 2.44. The van der Waals surface area contributed by atoms with E-state index in [-0.39, 0.29) is 11.3 Å². The van der Waals surface area contributed by atoms with Gasteiger partial charge in [-0.15, -0.1) is 0 Å². The summed E-state index contributed by atoms with van der Waals surface area (Å²) in [6, 6.07) is 11.4. The van der Waals surface area contributed by atoms with Crippen molar-refractivity contribution in [1.29, 1.82) is 0 Å². The van der Waals surface area contributed by atoms with E-state index in [0.29, 0.717) is 5.69 Å². The summed E-state index contributed by atoms with van der Waals surface area (Å²) in [5.74, 6) is -1.24. The van der Waals surface area contributed by atoms with Crippen molar-refractivity contribution in [3.05, 3.63) is 59.9 Å². The van der Waals surface area contributed by atoms with Gasteiger partial charge < -0.3 is 0 Å². The maximum atomic E-state index is 13.7. The Morgan fingerprint density at radius 2 is 1.75 bits per heavy atom. The van der Waals surface area contributed by atoms with E-state index in [2.05, 4.69) is 4.72 Å². The molecule has 0 aliphatic carbocycles. The minimum Gasteiger partial charge on any atom is -0.295 e. The average Bonchev–Trinajstić information content (AvgIpc) is 2.39. The number of benzene rings is 2. The number of carbonyl (C=O) groups excluding carboxylic acids is 1. The van der Waals surface area contributed by atoms with E-state index in [4.69, 9.17) is 0 Å². The number of ketones is 1. The molecule has 0 amide bonds. The van der Waals surface area contributed by atoms with Crippen LogP contribution in [0, 0.1) is 5.82 Å². The first-order chi connectivity index (χ1) is 9.40. The summed E-state index contributed by atoms with van der Waals surface area (Å²) < 4.78 is 40.2. The van der Waals surface area contributed by atoms with Gasteiger partial charge in [-0.05, 0) is 37.3 Å². The van der Waals surface area contributed by atoms with E-state index in [0.717, 1.165) is 12.1 Å². The Morgan fingerprint density at radius 1 is 1.10 bits per heavy atom. The van der Waals surface area contributed by atoms with E-state index < -0.39 is 20.7 Å². The fourth-order valence-corrected chi connectivity index (χ4v) is 2.81. The van der Waals surface area contributed by atoms with Gasteiger partial charge in [-0.1, -0.05) is 18.2 Å². The lowest BCUT2D eigenvalue weighted by atomic mass is 10.1. The number of anilines is 1. The number of nitrogens with one attached hydrogen (secondary N) is 1. The summed E-state index contributed by atoms with van der Waals surface area (Å²) in [5.41, 5.74) is 0.458. The van der Waals surface area contributed by atoms with Crippen molar-refractivity contribution in [3.63, 3.8) is 0 Å². The second-order valence-electron chi connectivity index (χ2n) is 4.17. The minimum atomic E-state index is -4.08. The lowest BCUT2D eigenvalue weighted by Gasteiger charge is -2.09. The maximum absolute atomic E-state index is 13.7. The molecule has 4 nitrogen and oxygen atoms in total. The van der Waals surface area contributed by atoms with Crippen molar-refractivity contribution in [1.82, 2.24) is 0 Å².